The summed E-state index contributed by atoms with van der Waals surface area (Å²) >= 11 is 5.26. The molecule has 0 spiro atoms. The molecule has 1 saturated heterocycles. The summed E-state index contributed by atoms with van der Waals surface area (Å²) < 4.78 is 0. The van der Waals surface area contributed by atoms with Crippen molar-refractivity contribution in [3.8, 4) is 0 Å². The van der Waals surface area contributed by atoms with Crippen LogP contribution in [0.4, 0.5) is 0 Å². The molecule has 4 heteroatoms. The topological polar surface area (TPSA) is 45.0 Å². The fourth-order valence-corrected chi connectivity index (χ4v) is 3.07. The van der Waals surface area contributed by atoms with E-state index in [4.69, 9.17) is 18.0 Å². The van der Waals surface area contributed by atoms with Crippen molar-refractivity contribution < 1.29 is 0 Å². The van der Waals surface area contributed by atoms with Crippen LogP contribution >= 0.6 is 12.2 Å². The molecule has 0 aromatic carbocycles. The molecule has 0 aliphatic carbocycles. The summed E-state index contributed by atoms with van der Waals surface area (Å²) in [5, 5.41) is 0. The van der Waals surface area contributed by atoms with Crippen molar-refractivity contribution in [2.75, 3.05) is 6.54 Å². The van der Waals surface area contributed by atoms with E-state index in [1.54, 1.807) is 0 Å². The minimum Gasteiger partial charge on any atom is -0.392 e. The van der Waals surface area contributed by atoms with Gasteiger partial charge in [-0.15, -0.1) is 0 Å². The number of likely N-dealkylation sites (tertiary alicyclic amines) is 1. The number of H-pyrrole nitrogens is 1. The van der Waals surface area contributed by atoms with E-state index in [-0.39, 0.29) is 6.04 Å². The second-order valence-electron chi connectivity index (χ2n) is 4.73. The molecule has 3 nitrogen and oxygen atoms in total. The van der Waals surface area contributed by atoms with Gasteiger partial charge in [-0.05, 0) is 37.9 Å². The van der Waals surface area contributed by atoms with E-state index in [1.165, 1.54) is 25.7 Å². The van der Waals surface area contributed by atoms with Crippen molar-refractivity contribution in [2.24, 2.45) is 5.73 Å². The number of nitrogens with zero attached hydrogens (tertiary/aromatic N) is 1. The molecule has 2 heterocycles. The predicted octanol–water partition coefficient (Wildman–Crippen LogP) is 2.61. The molecule has 1 aliphatic rings. The molecule has 0 saturated carbocycles. The van der Waals surface area contributed by atoms with Crippen LogP contribution < -0.4 is 5.73 Å². The van der Waals surface area contributed by atoms with Gasteiger partial charge in [0.2, 0.25) is 0 Å². The number of hydrogen-bond donors (Lipinski definition) is 2. The maximum absolute atomic E-state index is 5.95. The number of piperidine rings is 1. The summed E-state index contributed by atoms with van der Waals surface area (Å²) in [5.41, 5.74) is 7.07. The fraction of sp³-hybridized carbons (Fsp3) is 0.615. The van der Waals surface area contributed by atoms with Crippen LogP contribution in [0.25, 0.3) is 0 Å². The molecule has 1 fully saturated rings. The van der Waals surface area contributed by atoms with Gasteiger partial charge in [0.05, 0.1) is 4.99 Å². The Morgan fingerprint density at radius 3 is 3.06 bits per heavy atom. The zero-order chi connectivity index (χ0) is 12.3. The van der Waals surface area contributed by atoms with Crippen LogP contribution in [0, 0.1) is 0 Å². The normalized spacial score (nSPS) is 23.5. The van der Waals surface area contributed by atoms with Crippen molar-refractivity contribution in [2.45, 2.75) is 44.7 Å². The number of rotatable bonds is 4. The number of aromatic nitrogens is 1. The highest BCUT2D eigenvalue weighted by Gasteiger charge is 2.30. The average molecular weight is 251 g/mol. The molecule has 1 aliphatic heterocycles. The van der Waals surface area contributed by atoms with Crippen molar-refractivity contribution in [1.82, 2.24) is 9.88 Å². The Bertz CT molecular complexity index is 361. The molecule has 0 bridgehead atoms. The summed E-state index contributed by atoms with van der Waals surface area (Å²) in [6, 6.07) is 4.76. The number of aromatic amines is 1. The Kier molecular flexibility index (Phi) is 4.18. The van der Waals surface area contributed by atoms with Gasteiger partial charge in [0.15, 0.2) is 0 Å². The number of nitrogens with one attached hydrogen (secondary N) is 1. The molecule has 0 radical (unpaired) electrons. The highest BCUT2D eigenvalue weighted by molar-refractivity contribution is 7.80. The van der Waals surface area contributed by atoms with Gasteiger partial charge in [0.25, 0.3) is 0 Å². The predicted molar refractivity (Wildman–Crippen MR) is 75.0 cm³/mol. The largest absolute Gasteiger partial charge is 0.392 e. The molecule has 3 N–H and O–H groups in total. The maximum Gasteiger partial charge on any atom is 0.101 e. The van der Waals surface area contributed by atoms with Gasteiger partial charge in [0.1, 0.15) is 6.04 Å². The molecule has 17 heavy (non-hydrogen) atoms. The molecule has 2 atom stereocenters. The highest BCUT2D eigenvalue weighted by atomic mass is 32.1. The lowest BCUT2D eigenvalue weighted by Crippen LogP contribution is -2.46. The van der Waals surface area contributed by atoms with Crippen LogP contribution in [0.3, 0.4) is 0 Å². The van der Waals surface area contributed by atoms with E-state index < -0.39 is 0 Å². The first-order valence-electron chi connectivity index (χ1n) is 6.42. The first-order chi connectivity index (χ1) is 8.24. The molecular formula is C13H21N3S. The lowest BCUT2D eigenvalue weighted by molar-refractivity contribution is 0.121. The van der Waals surface area contributed by atoms with E-state index >= 15 is 0 Å². The second-order valence-corrected chi connectivity index (χ2v) is 5.20. The van der Waals surface area contributed by atoms with Gasteiger partial charge in [-0.25, -0.2) is 0 Å². The number of thiocarbonyl (C=S) groups is 1. The first kappa shape index (κ1) is 12.6. The van der Waals surface area contributed by atoms with Gasteiger partial charge in [-0.2, -0.15) is 0 Å². The molecule has 2 rings (SSSR count). The lowest BCUT2D eigenvalue weighted by atomic mass is 9.96. The molecule has 0 amide bonds. The Labute approximate surface area is 108 Å². The third-order valence-electron chi connectivity index (χ3n) is 3.66. The smallest absolute Gasteiger partial charge is 0.101 e. The van der Waals surface area contributed by atoms with Crippen LogP contribution in [0.2, 0.25) is 0 Å². The van der Waals surface area contributed by atoms with Crippen molar-refractivity contribution >= 4 is 17.2 Å². The maximum atomic E-state index is 5.95. The summed E-state index contributed by atoms with van der Waals surface area (Å²) in [4.78, 5) is 6.30. The van der Waals surface area contributed by atoms with Crippen LogP contribution in [0.15, 0.2) is 18.3 Å². The molecule has 2 unspecified atom stereocenters. The third kappa shape index (κ3) is 2.69. The SMILES string of the molecule is CCC1CCCCN1C(C(N)=S)c1ccc[nH]1. The molecular weight excluding hydrogens is 230 g/mol. The zero-order valence-electron chi connectivity index (χ0n) is 10.4. The summed E-state index contributed by atoms with van der Waals surface area (Å²) in [6.07, 6.45) is 6.93. The number of hydrogen-bond acceptors (Lipinski definition) is 2. The van der Waals surface area contributed by atoms with E-state index in [0.717, 1.165) is 12.2 Å². The minimum absolute atomic E-state index is 0.0743. The monoisotopic (exact) mass is 251 g/mol. The van der Waals surface area contributed by atoms with Gasteiger partial charge in [-0.1, -0.05) is 25.6 Å². The van der Waals surface area contributed by atoms with Crippen LogP contribution in [-0.2, 0) is 0 Å². The number of nitrogens with two attached hydrogens (primary N) is 1. The standard InChI is InChI=1S/C13H21N3S/c1-2-10-6-3-4-9-16(10)12(13(14)17)11-7-5-8-15-11/h5,7-8,10,12,15H,2-4,6,9H2,1H3,(H2,14,17). The van der Waals surface area contributed by atoms with Crippen LogP contribution in [-0.4, -0.2) is 27.5 Å². The van der Waals surface area contributed by atoms with E-state index in [1.807, 2.05) is 12.3 Å². The Morgan fingerprint density at radius 2 is 2.47 bits per heavy atom. The Hall–Kier alpha value is -0.870. The van der Waals surface area contributed by atoms with Gasteiger partial charge in [-0.3, -0.25) is 4.90 Å². The van der Waals surface area contributed by atoms with E-state index in [0.29, 0.717) is 11.0 Å². The minimum atomic E-state index is 0.0743. The summed E-state index contributed by atoms with van der Waals surface area (Å²) in [5.74, 6) is 0. The van der Waals surface area contributed by atoms with Crippen molar-refractivity contribution in [1.29, 1.82) is 0 Å². The fourth-order valence-electron chi connectivity index (χ4n) is 2.81. The summed E-state index contributed by atoms with van der Waals surface area (Å²) in [6.45, 7) is 3.34. The Morgan fingerprint density at radius 1 is 1.65 bits per heavy atom. The van der Waals surface area contributed by atoms with Crippen LogP contribution in [0.5, 0.6) is 0 Å². The van der Waals surface area contributed by atoms with E-state index in [9.17, 15) is 0 Å². The third-order valence-corrected chi connectivity index (χ3v) is 3.88. The lowest BCUT2D eigenvalue weighted by Gasteiger charge is -2.40. The average Bonchev–Trinajstić information content (AvgIpc) is 2.83. The highest BCUT2D eigenvalue weighted by Crippen LogP contribution is 2.29. The van der Waals surface area contributed by atoms with Gasteiger partial charge in [0, 0.05) is 17.9 Å². The van der Waals surface area contributed by atoms with Crippen molar-refractivity contribution in [3.63, 3.8) is 0 Å². The summed E-state index contributed by atoms with van der Waals surface area (Å²) in [7, 11) is 0. The first-order valence-corrected chi connectivity index (χ1v) is 6.83. The van der Waals surface area contributed by atoms with Crippen molar-refractivity contribution in [3.05, 3.63) is 24.0 Å². The van der Waals surface area contributed by atoms with Gasteiger partial charge >= 0.3 is 0 Å². The zero-order valence-corrected chi connectivity index (χ0v) is 11.2. The second kappa shape index (κ2) is 5.65. The quantitative estimate of drug-likeness (QED) is 0.809. The molecule has 1 aromatic heterocycles. The van der Waals surface area contributed by atoms with E-state index in [2.05, 4.69) is 22.9 Å². The van der Waals surface area contributed by atoms with Crippen LogP contribution in [0.1, 0.15) is 44.3 Å². The Balaban J connectivity index is 2.23. The van der Waals surface area contributed by atoms with Gasteiger partial charge < -0.3 is 10.7 Å². The molecule has 1 aromatic rings. The molecule has 94 valence electrons.